The third-order valence-corrected chi connectivity index (χ3v) is 4.02. The van der Waals surface area contributed by atoms with Gasteiger partial charge in [0.1, 0.15) is 0 Å². The van der Waals surface area contributed by atoms with Gasteiger partial charge in [-0.05, 0) is 46.2 Å². The molecule has 108 valence electrons. The van der Waals surface area contributed by atoms with Crippen molar-refractivity contribution in [2.75, 3.05) is 40.4 Å². The molecule has 18 heavy (non-hydrogen) atoms. The van der Waals surface area contributed by atoms with Gasteiger partial charge in [0.25, 0.3) is 0 Å². The van der Waals surface area contributed by atoms with Crippen LogP contribution < -0.4 is 5.32 Å². The molecule has 0 aromatic carbocycles. The van der Waals surface area contributed by atoms with E-state index in [1.807, 2.05) is 6.92 Å². The molecule has 1 heterocycles. The number of piperidine rings is 1. The molecule has 1 fully saturated rings. The smallest absolute Gasteiger partial charge is 0.0765 e. The number of aliphatic hydroxyl groups is 1. The van der Waals surface area contributed by atoms with Crippen LogP contribution in [0.5, 0.6) is 0 Å². The highest BCUT2D eigenvalue weighted by Crippen LogP contribution is 2.19. The molecule has 0 aliphatic carbocycles. The second kappa shape index (κ2) is 7.43. The predicted octanol–water partition coefficient (Wildman–Crippen LogP) is 1.09. The highest BCUT2D eigenvalue weighted by molar-refractivity contribution is 4.83. The molecule has 4 nitrogen and oxygen atoms in total. The fourth-order valence-electron chi connectivity index (χ4n) is 2.57. The Hall–Kier alpha value is -0.160. The molecule has 1 aliphatic heterocycles. The first-order chi connectivity index (χ1) is 8.44. The minimum absolute atomic E-state index is 0.460. The van der Waals surface area contributed by atoms with Crippen LogP contribution >= 0.6 is 0 Å². The molecule has 4 heteroatoms. The molecule has 0 radical (unpaired) electrons. The van der Waals surface area contributed by atoms with Crippen molar-refractivity contribution >= 4 is 0 Å². The highest BCUT2D eigenvalue weighted by Gasteiger charge is 2.25. The van der Waals surface area contributed by atoms with Crippen molar-refractivity contribution in [2.24, 2.45) is 5.92 Å². The van der Waals surface area contributed by atoms with E-state index >= 15 is 0 Å². The molecule has 1 aliphatic rings. The molecular weight excluding hydrogens is 228 g/mol. The Kier molecular flexibility index (Phi) is 6.57. The van der Waals surface area contributed by atoms with Gasteiger partial charge in [-0.3, -0.25) is 0 Å². The lowest BCUT2D eigenvalue weighted by Gasteiger charge is -2.35. The molecule has 1 rings (SSSR count). The summed E-state index contributed by atoms with van der Waals surface area (Å²) in [5.74, 6) is 0.696. The molecule has 0 amide bonds. The maximum atomic E-state index is 10.2. The summed E-state index contributed by atoms with van der Waals surface area (Å²) in [7, 11) is 3.86. The van der Waals surface area contributed by atoms with Crippen LogP contribution in [0.15, 0.2) is 0 Å². The van der Waals surface area contributed by atoms with Crippen molar-refractivity contribution in [1.82, 2.24) is 10.2 Å². The maximum Gasteiger partial charge on any atom is 0.0765 e. The number of hydrogen-bond donors (Lipinski definition) is 2. The summed E-state index contributed by atoms with van der Waals surface area (Å²) >= 11 is 0. The SMILES string of the molecule is COCCC(C)(O)CNC(C)C1CCCN(C)C1. The quantitative estimate of drug-likeness (QED) is 0.717. The van der Waals surface area contributed by atoms with Gasteiger partial charge in [-0.25, -0.2) is 0 Å². The molecular formula is C14H30N2O2. The average Bonchev–Trinajstić information content (AvgIpc) is 2.34. The normalized spacial score (nSPS) is 26.8. The van der Waals surface area contributed by atoms with E-state index < -0.39 is 5.60 Å². The van der Waals surface area contributed by atoms with Crippen molar-refractivity contribution in [2.45, 2.75) is 44.8 Å². The molecule has 1 saturated heterocycles. The van der Waals surface area contributed by atoms with E-state index in [1.54, 1.807) is 7.11 Å². The lowest BCUT2D eigenvalue weighted by Crippen LogP contribution is -2.48. The van der Waals surface area contributed by atoms with Gasteiger partial charge in [-0.1, -0.05) is 0 Å². The summed E-state index contributed by atoms with van der Waals surface area (Å²) in [5, 5.41) is 13.7. The van der Waals surface area contributed by atoms with Gasteiger partial charge in [0, 0.05) is 39.3 Å². The van der Waals surface area contributed by atoms with Crippen molar-refractivity contribution in [1.29, 1.82) is 0 Å². The van der Waals surface area contributed by atoms with Gasteiger partial charge in [-0.2, -0.15) is 0 Å². The first-order valence-electron chi connectivity index (χ1n) is 7.08. The van der Waals surface area contributed by atoms with E-state index in [0.717, 1.165) is 6.54 Å². The molecule has 0 bridgehead atoms. The zero-order chi connectivity index (χ0) is 13.6. The van der Waals surface area contributed by atoms with E-state index in [4.69, 9.17) is 4.74 Å². The number of methoxy groups -OCH3 is 1. The summed E-state index contributed by atoms with van der Waals surface area (Å²) < 4.78 is 5.02. The Morgan fingerprint density at radius 2 is 2.28 bits per heavy atom. The molecule has 0 aromatic rings. The minimum atomic E-state index is -0.676. The number of likely N-dealkylation sites (tertiary alicyclic amines) is 1. The van der Waals surface area contributed by atoms with Crippen LogP contribution in [0.2, 0.25) is 0 Å². The van der Waals surface area contributed by atoms with Gasteiger partial charge in [0.15, 0.2) is 0 Å². The first-order valence-corrected chi connectivity index (χ1v) is 7.08. The Balaban J connectivity index is 2.28. The predicted molar refractivity (Wildman–Crippen MR) is 74.8 cm³/mol. The van der Waals surface area contributed by atoms with E-state index in [9.17, 15) is 5.11 Å². The number of nitrogens with zero attached hydrogens (tertiary/aromatic N) is 1. The standard InChI is InChI=1S/C14H30N2O2/c1-12(13-6-5-8-16(3)10-13)15-11-14(2,17)7-9-18-4/h12-13,15,17H,5-11H2,1-4H3. The number of hydrogen-bond acceptors (Lipinski definition) is 4. The van der Waals surface area contributed by atoms with Crippen LogP contribution in [0.25, 0.3) is 0 Å². The van der Waals surface area contributed by atoms with Gasteiger partial charge < -0.3 is 20.1 Å². The summed E-state index contributed by atoms with van der Waals surface area (Å²) in [6, 6.07) is 0.460. The lowest BCUT2D eigenvalue weighted by atomic mass is 9.91. The summed E-state index contributed by atoms with van der Waals surface area (Å²) in [5.41, 5.74) is -0.676. The fourth-order valence-corrected chi connectivity index (χ4v) is 2.57. The van der Waals surface area contributed by atoms with Crippen LogP contribution in [0.4, 0.5) is 0 Å². The number of ether oxygens (including phenoxy) is 1. The second-order valence-electron chi connectivity index (χ2n) is 6.07. The summed E-state index contributed by atoms with van der Waals surface area (Å²) in [4.78, 5) is 2.40. The van der Waals surface area contributed by atoms with Crippen LogP contribution in [0.1, 0.15) is 33.1 Å². The van der Waals surface area contributed by atoms with Crippen LogP contribution in [0, 0.1) is 5.92 Å². The topological polar surface area (TPSA) is 44.7 Å². The zero-order valence-electron chi connectivity index (χ0n) is 12.4. The Labute approximate surface area is 112 Å². The Morgan fingerprint density at radius 3 is 2.89 bits per heavy atom. The summed E-state index contributed by atoms with van der Waals surface area (Å²) in [6.07, 6.45) is 3.25. The molecule has 3 unspecified atom stereocenters. The van der Waals surface area contributed by atoms with E-state index in [2.05, 4.69) is 24.2 Å². The van der Waals surface area contributed by atoms with Gasteiger partial charge in [-0.15, -0.1) is 0 Å². The fraction of sp³-hybridized carbons (Fsp3) is 1.00. The molecule has 0 saturated carbocycles. The molecule has 0 spiro atoms. The average molecular weight is 258 g/mol. The van der Waals surface area contributed by atoms with Crippen LogP contribution in [-0.4, -0.2) is 62.0 Å². The Bertz CT molecular complexity index is 234. The minimum Gasteiger partial charge on any atom is -0.389 e. The number of rotatable bonds is 7. The number of nitrogens with one attached hydrogen (secondary N) is 1. The maximum absolute atomic E-state index is 10.2. The van der Waals surface area contributed by atoms with Gasteiger partial charge in [0.2, 0.25) is 0 Å². The van der Waals surface area contributed by atoms with Crippen molar-refractivity contribution in [3.05, 3.63) is 0 Å². The highest BCUT2D eigenvalue weighted by atomic mass is 16.5. The second-order valence-corrected chi connectivity index (χ2v) is 6.07. The summed E-state index contributed by atoms with van der Waals surface area (Å²) in [6.45, 7) is 7.73. The third kappa shape index (κ3) is 5.65. The lowest BCUT2D eigenvalue weighted by molar-refractivity contribution is 0.0202. The third-order valence-electron chi connectivity index (χ3n) is 4.02. The van der Waals surface area contributed by atoms with Crippen LogP contribution in [-0.2, 0) is 4.74 Å². The Morgan fingerprint density at radius 1 is 1.56 bits per heavy atom. The van der Waals surface area contributed by atoms with E-state index in [0.29, 0.717) is 31.5 Å². The monoisotopic (exact) mass is 258 g/mol. The molecule has 3 atom stereocenters. The molecule has 0 aromatic heterocycles. The van der Waals surface area contributed by atoms with Gasteiger partial charge >= 0.3 is 0 Å². The van der Waals surface area contributed by atoms with Crippen molar-refractivity contribution in [3.8, 4) is 0 Å². The van der Waals surface area contributed by atoms with Crippen molar-refractivity contribution in [3.63, 3.8) is 0 Å². The van der Waals surface area contributed by atoms with Crippen LogP contribution in [0.3, 0.4) is 0 Å². The van der Waals surface area contributed by atoms with Crippen molar-refractivity contribution < 1.29 is 9.84 Å². The zero-order valence-corrected chi connectivity index (χ0v) is 12.4. The first kappa shape index (κ1) is 15.9. The largest absolute Gasteiger partial charge is 0.389 e. The van der Waals surface area contributed by atoms with E-state index in [1.165, 1.54) is 19.4 Å². The van der Waals surface area contributed by atoms with Gasteiger partial charge in [0.05, 0.1) is 5.60 Å². The molecule has 2 N–H and O–H groups in total. The van der Waals surface area contributed by atoms with E-state index in [-0.39, 0.29) is 0 Å².